The number of hydrogen-bond acceptors (Lipinski definition) is 4. The predicted octanol–water partition coefficient (Wildman–Crippen LogP) is 2.74. The zero-order valence-corrected chi connectivity index (χ0v) is 11.6. The smallest absolute Gasteiger partial charge is 0.306 e. The Kier molecular flexibility index (Phi) is 3.43. The number of rotatable bonds is 3. The van der Waals surface area contributed by atoms with Crippen LogP contribution in [0.1, 0.15) is 42.9 Å². The lowest BCUT2D eigenvalue weighted by Crippen LogP contribution is -2.24. The molecule has 0 aromatic heterocycles. The molecule has 1 aromatic carbocycles. The van der Waals surface area contributed by atoms with Crippen LogP contribution < -0.4 is 0 Å². The molecule has 4 nitrogen and oxygen atoms in total. The molecular weight excluding hydrogens is 244 g/mol. The molecule has 1 atom stereocenters. The molecule has 1 aromatic rings. The summed E-state index contributed by atoms with van der Waals surface area (Å²) >= 11 is 0. The highest BCUT2D eigenvalue weighted by molar-refractivity contribution is 5.72. The first-order valence-electron chi connectivity index (χ1n) is 6.55. The van der Waals surface area contributed by atoms with Crippen molar-refractivity contribution in [2.24, 2.45) is 0 Å². The highest BCUT2D eigenvalue weighted by Crippen LogP contribution is 2.36. The minimum atomic E-state index is -0.446. The van der Waals surface area contributed by atoms with E-state index in [-0.39, 0.29) is 17.5 Å². The summed E-state index contributed by atoms with van der Waals surface area (Å²) in [5.74, 6) is 0.261. The minimum Gasteiger partial charge on any atom is -0.508 e. The van der Waals surface area contributed by atoms with Crippen LogP contribution in [0.15, 0.2) is 6.07 Å². The number of ether oxygens (including phenoxy) is 1. The van der Waals surface area contributed by atoms with Crippen LogP contribution in [0.4, 0.5) is 0 Å². The summed E-state index contributed by atoms with van der Waals surface area (Å²) in [6, 6.07) is 1.60. The Morgan fingerprint density at radius 2 is 2.00 bits per heavy atom. The van der Waals surface area contributed by atoms with Gasteiger partial charge in [0.25, 0.3) is 0 Å². The number of aromatic hydroxyl groups is 2. The maximum Gasteiger partial charge on any atom is 0.306 e. The highest BCUT2D eigenvalue weighted by Gasteiger charge is 2.35. The summed E-state index contributed by atoms with van der Waals surface area (Å²) in [4.78, 5) is 11.2. The third-order valence-electron chi connectivity index (χ3n) is 4.06. The highest BCUT2D eigenvalue weighted by atomic mass is 16.6. The number of phenols is 2. The SMILES string of the molecule is Cc1c(O)cc(CC[C@@]2(C)CCC(=O)O2)c(O)c1C. The molecule has 0 unspecified atom stereocenters. The van der Waals surface area contributed by atoms with E-state index < -0.39 is 5.60 Å². The molecule has 0 spiro atoms. The number of phenolic OH excluding ortho intramolecular Hbond substituents is 2. The van der Waals surface area contributed by atoms with Crippen LogP contribution in [0.5, 0.6) is 11.5 Å². The number of carbonyl (C=O) groups is 1. The molecular formula is C15H20O4. The molecule has 0 radical (unpaired) electrons. The molecule has 0 bridgehead atoms. The summed E-state index contributed by atoms with van der Waals surface area (Å²) in [7, 11) is 0. The first-order chi connectivity index (χ1) is 8.82. The van der Waals surface area contributed by atoms with Gasteiger partial charge in [0.2, 0.25) is 0 Å². The lowest BCUT2D eigenvalue weighted by Gasteiger charge is -2.23. The Morgan fingerprint density at radius 3 is 2.58 bits per heavy atom. The van der Waals surface area contributed by atoms with E-state index in [2.05, 4.69) is 0 Å². The van der Waals surface area contributed by atoms with Crippen molar-refractivity contribution in [2.45, 2.75) is 52.1 Å². The van der Waals surface area contributed by atoms with Gasteiger partial charge < -0.3 is 14.9 Å². The Balaban J connectivity index is 2.14. The van der Waals surface area contributed by atoms with Gasteiger partial charge in [0, 0.05) is 6.42 Å². The molecule has 1 fully saturated rings. The van der Waals surface area contributed by atoms with Gasteiger partial charge >= 0.3 is 5.97 Å². The molecule has 2 rings (SSSR count). The minimum absolute atomic E-state index is 0.158. The van der Waals surface area contributed by atoms with E-state index in [1.165, 1.54) is 0 Å². The average molecular weight is 264 g/mol. The van der Waals surface area contributed by atoms with Gasteiger partial charge in [-0.25, -0.2) is 0 Å². The van der Waals surface area contributed by atoms with Crippen LogP contribution in [0.2, 0.25) is 0 Å². The Hall–Kier alpha value is -1.71. The van der Waals surface area contributed by atoms with E-state index in [9.17, 15) is 15.0 Å². The number of aryl methyl sites for hydroxylation is 1. The van der Waals surface area contributed by atoms with E-state index in [1.54, 1.807) is 19.9 Å². The van der Waals surface area contributed by atoms with Crippen LogP contribution in [0.3, 0.4) is 0 Å². The fourth-order valence-corrected chi connectivity index (χ4v) is 2.46. The fraction of sp³-hybridized carbons (Fsp3) is 0.533. The Bertz CT molecular complexity index is 521. The van der Waals surface area contributed by atoms with Crippen LogP contribution in [0, 0.1) is 13.8 Å². The Labute approximate surface area is 113 Å². The molecule has 104 valence electrons. The normalized spacial score (nSPS) is 22.6. The summed E-state index contributed by atoms with van der Waals surface area (Å²) in [5, 5.41) is 19.9. The van der Waals surface area contributed by atoms with Crippen LogP contribution >= 0.6 is 0 Å². The molecule has 1 heterocycles. The first kappa shape index (κ1) is 13.7. The van der Waals surface area contributed by atoms with Gasteiger partial charge in [-0.3, -0.25) is 4.79 Å². The number of carbonyl (C=O) groups excluding carboxylic acids is 1. The van der Waals surface area contributed by atoms with E-state index in [0.29, 0.717) is 42.4 Å². The zero-order valence-electron chi connectivity index (χ0n) is 11.6. The second kappa shape index (κ2) is 4.76. The molecule has 4 heteroatoms. The predicted molar refractivity (Wildman–Crippen MR) is 71.3 cm³/mol. The van der Waals surface area contributed by atoms with Crippen molar-refractivity contribution in [3.05, 3.63) is 22.8 Å². The molecule has 1 aliphatic rings. The summed E-state index contributed by atoms with van der Waals surface area (Å²) < 4.78 is 5.31. The number of esters is 1. The average Bonchev–Trinajstić information content (AvgIpc) is 2.70. The van der Waals surface area contributed by atoms with Crippen LogP contribution in [-0.2, 0) is 16.0 Å². The van der Waals surface area contributed by atoms with Crippen molar-refractivity contribution < 1.29 is 19.7 Å². The van der Waals surface area contributed by atoms with Gasteiger partial charge in [-0.2, -0.15) is 0 Å². The maximum absolute atomic E-state index is 11.2. The van der Waals surface area contributed by atoms with Crippen molar-refractivity contribution in [1.82, 2.24) is 0 Å². The zero-order chi connectivity index (χ0) is 14.2. The van der Waals surface area contributed by atoms with Crippen molar-refractivity contribution in [1.29, 1.82) is 0 Å². The van der Waals surface area contributed by atoms with E-state index in [4.69, 9.17) is 4.74 Å². The molecule has 0 amide bonds. The third-order valence-corrected chi connectivity index (χ3v) is 4.06. The lowest BCUT2D eigenvalue weighted by atomic mass is 9.92. The van der Waals surface area contributed by atoms with Gasteiger partial charge in [0.1, 0.15) is 17.1 Å². The number of benzene rings is 1. The van der Waals surface area contributed by atoms with E-state index in [0.717, 1.165) is 0 Å². The Morgan fingerprint density at radius 1 is 1.32 bits per heavy atom. The fourth-order valence-electron chi connectivity index (χ4n) is 2.46. The second-order valence-corrected chi connectivity index (χ2v) is 5.58. The van der Waals surface area contributed by atoms with E-state index >= 15 is 0 Å². The number of hydrogen-bond donors (Lipinski definition) is 2. The lowest BCUT2D eigenvalue weighted by molar-refractivity contribution is -0.147. The van der Waals surface area contributed by atoms with E-state index in [1.807, 2.05) is 6.92 Å². The maximum atomic E-state index is 11.2. The van der Waals surface area contributed by atoms with Crippen LogP contribution in [-0.4, -0.2) is 21.8 Å². The molecule has 2 N–H and O–H groups in total. The summed E-state index contributed by atoms with van der Waals surface area (Å²) in [5.41, 5.74) is 1.64. The first-order valence-corrected chi connectivity index (χ1v) is 6.55. The second-order valence-electron chi connectivity index (χ2n) is 5.58. The van der Waals surface area contributed by atoms with Crippen LogP contribution in [0.25, 0.3) is 0 Å². The number of cyclic esters (lactones) is 1. The topological polar surface area (TPSA) is 66.8 Å². The largest absolute Gasteiger partial charge is 0.508 e. The monoisotopic (exact) mass is 264 g/mol. The van der Waals surface area contributed by atoms with Gasteiger partial charge in [-0.1, -0.05) is 0 Å². The van der Waals surface area contributed by atoms with Gasteiger partial charge in [-0.05, 0) is 62.8 Å². The van der Waals surface area contributed by atoms with Crippen molar-refractivity contribution in [3.8, 4) is 11.5 Å². The van der Waals surface area contributed by atoms with Gasteiger partial charge in [0.15, 0.2) is 0 Å². The quantitative estimate of drug-likeness (QED) is 0.650. The molecule has 19 heavy (non-hydrogen) atoms. The third kappa shape index (κ3) is 2.67. The van der Waals surface area contributed by atoms with Crippen molar-refractivity contribution >= 4 is 5.97 Å². The molecule has 0 aliphatic carbocycles. The standard InChI is InChI=1S/C15H20O4/c1-9-10(2)14(18)11(8-12(9)16)4-6-15(3)7-5-13(17)19-15/h8,16,18H,4-7H2,1-3H3/t15-/m0/s1. The summed E-state index contributed by atoms with van der Waals surface area (Å²) in [6.45, 7) is 5.47. The van der Waals surface area contributed by atoms with Gasteiger partial charge in [-0.15, -0.1) is 0 Å². The molecule has 1 aliphatic heterocycles. The molecule has 1 saturated heterocycles. The van der Waals surface area contributed by atoms with Crippen molar-refractivity contribution in [3.63, 3.8) is 0 Å². The summed E-state index contributed by atoms with van der Waals surface area (Å²) in [6.07, 6.45) is 2.39. The van der Waals surface area contributed by atoms with Crippen molar-refractivity contribution in [2.75, 3.05) is 0 Å². The molecule has 0 saturated carbocycles. The van der Waals surface area contributed by atoms with Gasteiger partial charge in [0.05, 0.1) is 0 Å².